The van der Waals surface area contributed by atoms with Gasteiger partial charge in [-0.25, -0.2) is 0 Å². The van der Waals surface area contributed by atoms with Crippen molar-refractivity contribution >= 4 is 11.6 Å². The first kappa shape index (κ1) is 14.1. The SMILES string of the molecule is CCc1ccc(Cc2cc(CCO)ccc2Cl)cc1. The van der Waals surface area contributed by atoms with E-state index in [0.717, 1.165) is 29.0 Å². The van der Waals surface area contributed by atoms with Gasteiger partial charge in [0.25, 0.3) is 0 Å². The molecule has 0 aromatic heterocycles. The van der Waals surface area contributed by atoms with Crippen LogP contribution in [0.3, 0.4) is 0 Å². The van der Waals surface area contributed by atoms with Crippen molar-refractivity contribution < 1.29 is 5.11 Å². The Morgan fingerprint density at radius 2 is 1.58 bits per heavy atom. The van der Waals surface area contributed by atoms with Gasteiger partial charge in [0, 0.05) is 11.6 Å². The third kappa shape index (κ3) is 3.82. The second-order valence-electron chi connectivity index (χ2n) is 4.75. The fourth-order valence-electron chi connectivity index (χ4n) is 2.16. The van der Waals surface area contributed by atoms with Gasteiger partial charge >= 0.3 is 0 Å². The smallest absolute Gasteiger partial charge is 0.0471 e. The van der Waals surface area contributed by atoms with E-state index in [1.807, 2.05) is 12.1 Å². The largest absolute Gasteiger partial charge is 0.396 e. The topological polar surface area (TPSA) is 20.2 Å². The molecule has 0 saturated carbocycles. The first-order valence-corrected chi connectivity index (χ1v) is 7.06. The molecule has 2 rings (SSSR count). The fourth-order valence-corrected chi connectivity index (χ4v) is 2.35. The molecule has 0 bridgehead atoms. The lowest BCUT2D eigenvalue weighted by Crippen LogP contribution is -1.95. The van der Waals surface area contributed by atoms with E-state index in [-0.39, 0.29) is 6.61 Å². The van der Waals surface area contributed by atoms with E-state index >= 15 is 0 Å². The van der Waals surface area contributed by atoms with E-state index in [1.165, 1.54) is 11.1 Å². The number of halogens is 1. The van der Waals surface area contributed by atoms with E-state index in [9.17, 15) is 0 Å². The van der Waals surface area contributed by atoms with Crippen LogP contribution in [-0.2, 0) is 19.3 Å². The van der Waals surface area contributed by atoms with E-state index in [0.29, 0.717) is 6.42 Å². The van der Waals surface area contributed by atoms with E-state index in [4.69, 9.17) is 16.7 Å². The van der Waals surface area contributed by atoms with Crippen LogP contribution in [0.2, 0.25) is 5.02 Å². The van der Waals surface area contributed by atoms with Gasteiger partial charge in [-0.3, -0.25) is 0 Å². The summed E-state index contributed by atoms with van der Waals surface area (Å²) in [5, 5.41) is 9.79. The van der Waals surface area contributed by atoms with Crippen molar-refractivity contribution in [3.63, 3.8) is 0 Å². The molecule has 0 aliphatic carbocycles. The van der Waals surface area contributed by atoms with Crippen molar-refractivity contribution in [1.29, 1.82) is 0 Å². The number of aliphatic hydroxyl groups is 1. The second-order valence-corrected chi connectivity index (χ2v) is 5.15. The van der Waals surface area contributed by atoms with Crippen molar-refractivity contribution in [1.82, 2.24) is 0 Å². The highest BCUT2D eigenvalue weighted by atomic mass is 35.5. The average Bonchev–Trinajstić information content (AvgIpc) is 2.44. The Morgan fingerprint density at radius 1 is 0.947 bits per heavy atom. The van der Waals surface area contributed by atoms with Crippen LogP contribution in [0.1, 0.15) is 29.2 Å². The summed E-state index contributed by atoms with van der Waals surface area (Å²) in [6.45, 7) is 2.33. The number of hydrogen-bond acceptors (Lipinski definition) is 1. The summed E-state index contributed by atoms with van der Waals surface area (Å²) in [6, 6.07) is 14.6. The molecule has 0 aliphatic heterocycles. The molecular formula is C17H19ClO. The van der Waals surface area contributed by atoms with Gasteiger partial charge in [-0.15, -0.1) is 0 Å². The number of rotatable bonds is 5. The molecule has 2 heteroatoms. The zero-order valence-electron chi connectivity index (χ0n) is 11.2. The van der Waals surface area contributed by atoms with Crippen LogP contribution < -0.4 is 0 Å². The van der Waals surface area contributed by atoms with Gasteiger partial charge in [0.05, 0.1) is 0 Å². The van der Waals surface area contributed by atoms with Crippen LogP contribution >= 0.6 is 11.6 Å². The zero-order chi connectivity index (χ0) is 13.7. The quantitative estimate of drug-likeness (QED) is 0.873. The molecule has 0 heterocycles. The third-order valence-electron chi connectivity index (χ3n) is 3.34. The highest BCUT2D eigenvalue weighted by molar-refractivity contribution is 6.31. The molecule has 0 fully saturated rings. The van der Waals surface area contributed by atoms with Crippen LogP contribution in [-0.4, -0.2) is 11.7 Å². The average molecular weight is 275 g/mol. The molecule has 0 amide bonds. The Kier molecular flexibility index (Phi) is 5.00. The molecule has 2 aromatic carbocycles. The summed E-state index contributed by atoms with van der Waals surface area (Å²) in [5.41, 5.74) is 4.87. The molecule has 1 nitrogen and oxygen atoms in total. The van der Waals surface area contributed by atoms with Crippen LogP contribution in [0, 0.1) is 0 Å². The van der Waals surface area contributed by atoms with Crippen molar-refractivity contribution in [3.8, 4) is 0 Å². The highest BCUT2D eigenvalue weighted by Gasteiger charge is 2.04. The van der Waals surface area contributed by atoms with Gasteiger partial charge in [-0.05, 0) is 47.6 Å². The van der Waals surface area contributed by atoms with Crippen molar-refractivity contribution in [3.05, 3.63) is 69.7 Å². The molecule has 0 spiro atoms. The molecule has 2 aromatic rings. The fraction of sp³-hybridized carbons (Fsp3) is 0.294. The number of aliphatic hydroxyl groups excluding tert-OH is 1. The molecule has 0 radical (unpaired) electrons. The summed E-state index contributed by atoms with van der Waals surface area (Å²) >= 11 is 6.24. The lowest BCUT2D eigenvalue weighted by Gasteiger charge is -2.08. The van der Waals surface area contributed by atoms with Crippen LogP contribution in [0.15, 0.2) is 42.5 Å². The lowest BCUT2D eigenvalue weighted by atomic mass is 10.0. The molecular weight excluding hydrogens is 256 g/mol. The summed E-state index contributed by atoms with van der Waals surface area (Å²) < 4.78 is 0. The molecule has 0 atom stereocenters. The number of aryl methyl sites for hydroxylation is 1. The number of hydrogen-bond donors (Lipinski definition) is 1. The first-order chi connectivity index (χ1) is 9.22. The minimum Gasteiger partial charge on any atom is -0.396 e. The van der Waals surface area contributed by atoms with Gasteiger partial charge in [0.2, 0.25) is 0 Å². The predicted molar refractivity (Wildman–Crippen MR) is 80.9 cm³/mol. The highest BCUT2D eigenvalue weighted by Crippen LogP contribution is 2.21. The normalized spacial score (nSPS) is 10.7. The maximum atomic E-state index is 8.99. The minimum absolute atomic E-state index is 0.173. The third-order valence-corrected chi connectivity index (χ3v) is 3.71. The molecule has 0 saturated heterocycles. The van der Waals surface area contributed by atoms with Gasteiger partial charge in [-0.1, -0.05) is 54.9 Å². The Morgan fingerprint density at radius 3 is 2.21 bits per heavy atom. The Hall–Kier alpha value is -1.31. The van der Waals surface area contributed by atoms with Crippen molar-refractivity contribution in [2.75, 3.05) is 6.61 Å². The zero-order valence-corrected chi connectivity index (χ0v) is 12.0. The predicted octanol–water partition coefficient (Wildman–Crippen LogP) is 4.03. The Balaban J connectivity index is 2.18. The van der Waals surface area contributed by atoms with Crippen LogP contribution in [0.25, 0.3) is 0 Å². The van der Waals surface area contributed by atoms with Crippen LogP contribution in [0.4, 0.5) is 0 Å². The molecule has 1 N–H and O–H groups in total. The van der Waals surface area contributed by atoms with Gasteiger partial charge < -0.3 is 5.11 Å². The summed E-state index contributed by atoms with van der Waals surface area (Å²) in [7, 11) is 0. The Labute approximate surface area is 119 Å². The minimum atomic E-state index is 0.173. The van der Waals surface area contributed by atoms with Crippen molar-refractivity contribution in [2.24, 2.45) is 0 Å². The molecule has 100 valence electrons. The maximum absolute atomic E-state index is 8.99. The van der Waals surface area contributed by atoms with E-state index in [2.05, 4.69) is 37.3 Å². The molecule has 0 unspecified atom stereocenters. The standard InChI is InChI=1S/C17H19ClO/c1-2-13-3-5-14(6-4-13)11-16-12-15(9-10-19)7-8-17(16)18/h3-8,12,19H,2,9-11H2,1H3. The van der Waals surface area contributed by atoms with Crippen LogP contribution in [0.5, 0.6) is 0 Å². The lowest BCUT2D eigenvalue weighted by molar-refractivity contribution is 0.299. The molecule has 19 heavy (non-hydrogen) atoms. The summed E-state index contributed by atoms with van der Waals surface area (Å²) in [4.78, 5) is 0. The summed E-state index contributed by atoms with van der Waals surface area (Å²) in [5.74, 6) is 0. The van der Waals surface area contributed by atoms with Crippen molar-refractivity contribution in [2.45, 2.75) is 26.2 Å². The first-order valence-electron chi connectivity index (χ1n) is 6.69. The Bertz CT molecular complexity index is 531. The van der Waals surface area contributed by atoms with Gasteiger partial charge in [0.15, 0.2) is 0 Å². The monoisotopic (exact) mass is 274 g/mol. The summed E-state index contributed by atoms with van der Waals surface area (Å²) in [6.07, 6.45) is 2.58. The second kappa shape index (κ2) is 6.74. The molecule has 0 aliphatic rings. The van der Waals surface area contributed by atoms with Gasteiger partial charge in [-0.2, -0.15) is 0 Å². The number of benzene rings is 2. The van der Waals surface area contributed by atoms with Gasteiger partial charge in [0.1, 0.15) is 0 Å². The van der Waals surface area contributed by atoms with E-state index < -0.39 is 0 Å². The maximum Gasteiger partial charge on any atom is 0.0471 e. The van der Waals surface area contributed by atoms with E-state index in [1.54, 1.807) is 0 Å².